The van der Waals surface area contributed by atoms with Gasteiger partial charge in [0.2, 0.25) is 0 Å². The molecule has 0 aromatic heterocycles. The molecule has 31 heavy (non-hydrogen) atoms. The van der Waals surface area contributed by atoms with Crippen molar-refractivity contribution in [2.24, 2.45) is 5.41 Å². The maximum Gasteiger partial charge on any atom is 0.407 e. The lowest BCUT2D eigenvalue weighted by Crippen LogP contribution is -2.43. The highest BCUT2D eigenvalue weighted by molar-refractivity contribution is 7.91. The quantitative estimate of drug-likeness (QED) is 0.465. The average Bonchev–Trinajstić information content (AvgIpc) is 2.65. The van der Waals surface area contributed by atoms with E-state index in [1.165, 1.54) is 0 Å². The standard InChI is InChI=1S/C22H36N2O6S/c1-5-6-13-29-21(26)24-19(15-22(2,3)4)17-31(27,28)14-12-23-20(25)30-16-18-10-8-7-9-11-18/h7-11,19H,5-6,12-17H2,1-4H3,(H,23,25)(H,24,26). The Labute approximate surface area is 186 Å². The van der Waals surface area contributed by atoms with Crippen LogP contribution in [-0.2, 0) is 25.9 Å². The number of alkyl carbamates (subject to hydrolysis) is 2. The number of hydrogen-bond donors (Lipinski definition) is 2. The molecule has 0 heterocycles. The van der Waals surface area contributed by atoms with Gasteiger partial charge in [0.05, 0.1) is 18.1 Å². The monoisotopic (exact) mass is 456 g/mol. The zero-order chi connectivity index (χ0) is 23.3. The van der Waals surface area contributed by atoms with Crippen molar-refractivity contribution in [3.05, 3.63) is 35.9 Å². The number of ether oxygens (including phenoxy) is 2. The highest BCUT2D eigenvalue weighted by Gasteiger charge is 2.26. The molecule has 1 aromatic carbocycles. The van der Waals surface area contributed by atoms with Crippen LogP contribution in [0, 0.1) is 5.41 Å². The maximum atomic E-state index is 12.5. The molecule has 0 aliphatic rings. The fraction of sp³-hybridized carbons (Fsp3) is 0.636. The number of sulfone groups is 1. The van der Waals surface area contributed by atoms with Crippen molar-refractivity contribution in [3.8, 4) is 0 Å². The summed E-state index contributed by atoms with van der Waals surface area (Å²) >= 11 is 0. The molecule has 0 radical (unpaired) electrons. The van der Waals surface area contributed by atoms with Crippen molar-refractivity contribution in [1.82, 2.24) is 10.6 Å². The van der Waals surface area contributed by atoms with E-state index in [0.29, 0.717) is 13.0 Å². The highest BCUT2D eigenvalue weighted by Crippen LogP contribution is 2.21. The van der Waals surface area contributed by atoms with Crippen LogP contribution >= 0.6 is 0 Å². The van der Waals surface area contributed by atoms with Crippen LogP contribution in [0.25, 0.3) is 0 Å². The molecule has 9 heteroatoms. The molecule has 1 unspecified atom stereocenters. The van der Waals surface area contributed by atoms with E-state index in [4.69, 9.17) is 9.47 Å². The smallest absolute Gasteiger partial charge is 0.407 e. The van der Waals surface area contributed by atoms with E-state index in [-0.39, 0.29) is 30.1 Å². The molecule has 2 amide bonds. The van der Waals surface area contributed by atoms with Crippen LogP contribution < -0.4 is 10.6 Å². The van der Waals surface area contributed by atoms with Crippen LogP contribution in [0.3, 0.4) is 0 Å². The Kier molecular flexibility index (Phi) is 11.4. The van der Waals surface area contributed by atoms with Gasteiger partial charge in [-0.1, -0.05) is 64.4 Å². The normalized spacial score (nSPS) is 12.6. The number of nitrogens with one attached hydrogen (secondary N) is 2. The summed E-state index contributed by atoms with van der Waals surface area (Å²) in [6, 6.07) is 8.61. The molecule has 2 N–H and O–H groups in total. The van der Waals surface area contributed by atoms with Gasteiger partial charge in [0, 0.05) is 12.6 Å². The van der Waals surface area contributed by atoms with Crippen molar-refractivity contribution >= 4 is 22.0 Å². The minimum absolute atomic E-state index is 0.0703. The molecule has 0 fully saturated rings. The van der Waals surface area contributed by atoms with Crippen molar-refractivity contribution in [1.29, 1.82) is 0 Å². The summed E-state index contributed by atoms with van der Waals surface area (Å²) in [7, 11) is -3.53. The minimum Gasteiger partial charge on any atom is -0.450 e. The van der Waals surface area contributed by atoms with E-state index in [2.05, 4.69) is 10.6 Å². The molecule has 1 atom stereocenters. The Balaban J connectivity index is 2.49. The molecular formula is C22H36N2O6S. The largest absolute Gasteiger partial charge is 0.450 e. The molecule has 176 valence electrons. The van der Waals surface area contributed by atoms with E-state index in [9.17, 15) is 18.0 Å². The Morgan fingerprint density at radius 1 is 1.06 bits per heavy atom. The van der Waals surface area contributed by atoms with Gasteiger partial charge in [-0.25, -0.2) is 18.0 Å². The van der Waals surface area contributed by atoms with Crippen LogP contribution in [0.4, 0.5) is 9.59 Å². The second-order valence-electron chi connectivity index (χ2n) is 8.70. The lowest BCUT2D eigenvalue weighted by Gasteiger charge is -2.26. The zero-order valence-corrected chi connectivity index (χ0v) is 19.8. The van der Waals surface area contributed by atoms with E-state index >= 15 is 0 Å². The van der Waals surface area contributed by atoms with Crippen LogP contribution in [0.1, 0.15) is 52.5 Å². The van der Waals surface area contributed by atoms with Crippen LogP contribution in [0.15, 0.2) is 30.3 Å². The number of unbranched alkanes of at least 4 members (excludes halogenated alkanes) is 1. The van der Waals surface area contributed by atoms with Crippen LogP contribution in [0.5, 0.6) is 0 Å². The molecule has 0 bridgehead atoms. The lowest BCUT2D eigenvalue weighted by molar-refractivity contribution is 0.138. The molecule has 0 saturated carbocycles. The SMILES string of the molecule is CCCCOC(=O)NC(CC(C)(C)C)CS(=O)(=O)CCNC(=O)OCc1ccccc1. The fourth-order valence-corrected chi connectivity index (χ4v) is 4.27. The Morgan fingerprint density at radius 2 is 1.74 bits per heavy atom. The van der Waals surface area contributed by atoms with Gasteiger partial charge in [0.25, 0.3) is 0 Å². The van der Waals surface area contributed by atoms with Gasteiger partial charge in [0.1, 0.15) is 6.61 Å². The number of carbonyl (C=O) groups excluding carboxylic acids is 2. The topological polar surface area (TPSA) is 111 Å². The van der Waals surface area contributed by atoms with Gasteiger partial charge in [-0.2, -0.15) is 0 Å². The Bertz CT molecular complexity index is 775. The average molecular weight is 457 g/mol. The molecule has 8 nitrogen and oxygen atoms in total. The van der Waals surface area contributed by atoms with Crippen molar-refractivity contribution in [2.75, 3.05) is 24.7 Å². The van der Waals surface area contributed by atoms with E-state index in [1.54, 1.807) is 0 Å². The van der Waals surface area contributed by atoms with Gasteiger partial charge < -0.3 is 20.1 Å². The molecule has 1 aromatic rings. The van der Waals surface area contributed by atoms with Crippen LogP contribution in [0.2, 0.25) is 0 Å². The van der Waals surface area contributed by atoms with Gasteiger partial charge in [-0.3, -0.25) is 0 Å². The summed E-state index contributed by atoms with van der Waals surface area (Å²) in [5, 5.41) is 5.13. The Morgan fingerprint density at radius 3 is 2.35 bits per heavy atom. The number of amides is 2. The van der Waals surface area contributed by atoms with Crippen LogP contribution in [-0.4, -0.2) is 51.3 Å². The fourth-order valence-electron chi connectivity index (χ4n) is 2.88. The first-order valence-corrected chi connectivity index (χ1v) is 12.4. The van der Waals surface area contributed by atoms with Gasteiger partial charge in [-0.15, -0.1) is 0 Å². The summed E-state index contributed by atoms with van der Waals surface area (Å²) in [6.45, 7) is 8.24. The lowest BCUT2D eigenvalue weighted by atomic mass is 9.89. The summed E-state index contributed by atoms with van der Waals surface area (Å²) in [6.07, 6.45) is 0.834. The van der Waals surface area contributed by atoms with Gasteiger partial charge in [-0.05, 0) is 23.8 Å². The van der Waals surface area contributed by atoms with E-state index in [0.717, 1.165) is 18.4 Å². The molecule has 0 aliphatic heterocycles. The third-order valence-corrected chi connectivity index (χ3v) is 6.00. The number of carbonyl (C=O) groups is 2. The molecule has 0 aliphatic carbocycles. The number of hydrogen-bond acceptors (Lipinski definition) is 6. The van der Waals surface area contributed by atoms with Crippen molar-refractivity contribution in [2.45, 2.75) is 59.6 Å². The predicted octanol–water partition coefficient (Wildman–Crippen LogP) is 3.66. The maximum absolute atomic E-state index is 12.5. The predicted molar refractivity (Wildman–Crippen MR) is 121 cm³/mol. The van der Waals surface area contributed by atoms with E-state index in [1.807, 2.05) is 58.0 Å². The third-order valence-electron chi connectivity index (χ3n) is 4.26. The Hall–Kier alpha value is -2.29. The van der Waals surface area contributed by atoms with Crippen molar-refractivity contribution in [3.63, 3.8) is 0 Å². The minimum atomic E-state index is -3.53. The summed E-state index contributed by atoms with van der Waals surface area (Å²) in [4.78, 5) is 23.8. The van der Waals surface area contributed by atoms with Crippen molar-refractivity contribution < 1.29 is 27.5 Å². The van der Waals surface area contributed by atoms with E-state index < -0.39 is 28.1 Å². The molecular weight excluding hydrogens is 420 g/mol. The first-order chi connectivity index (χ1) is 14.5. The summed E-state index contributed by atoms with van der Waals surface area (Å²) in [5.41, 5.74) is 0.656. The second-order valence-corrected chi connectivity index (χ2v) is 10.9. The summed E-state index contributed by atoms with van der Waals surface area (Å²) < 4.78 is 35.3. The zero-order valence-electron chi connectivity index (χ0n) is 19.0. The molecule has 0 spiro atoms. The first-order valence-electron chi connectivity index (χ1n) is 10.6. The molecule has 1 rings (SSSR count). The summed E-state index contributed by atoms with van der Waals surface area (Å²) in [5.74, 6) is -0.478. The first kappa shape index (κ1) is 26.7. The third kappa shape index (κ3) is 13.6. The number of rotatable bonds is 12. The number of benzene rings is 1. The highest BCUT2D eigenvalue weighted by atomic mass is 32.2. The van der Waals surface area contributed by atoms with Gasteiger partial charge in [0.15, 0.2) is 9.84 Å². The molecule has 0 saturated heterocycles. The van der Waals surface area contributed by atoms with Gasteiger partial charge >= 0.3 is 12.2 Å². The second kappa shape index (κ2) is 13.2.